The van der Waals surface area contributed by atoms with E-state index in [4.69, 9.17) is 5.73 Å². The third kappa shape index (κ3) is 4.37. The van der Waals surface area contributed by atoms with Crippen molar-refractivity contribution >= 4 is 11.9 Å². The van der Waals surface area contributed by atoms with Gasteiger partial charge in [-0.15, -0.1) is 0 Å². The number of aromatic nitrogens is 2. The van der Waals surface area contributed by atoms with E-state index in [0.29, 0.717) is 13.1 Å². The summed E-state index contributed by atoms with van der Waals surface area (Å²) < 4.78 is 2.15. The van der Waals surface area contributed by atoms with E-state index in [0.717, 1.165) is 25.2 Å². The van der Waals surface area contributed by atoms with Gasteiger partial charge in [-0.1, -0.05) is 30.3 Å². The van der Waals surface area contributed by atoms with Gasteiger partial charge in [0.05, 0.1) is 6.54 Å². The fraction of sp³-hybridized carbons (Fsp3) is 0.389. The minimum Gasteiger partial charge on any atom is -0.352 e. The van der Waals surface area contributed by atoms with Crippen LogP contribution in [0.15, 0.2) is 42.7 Å². The van der Waals surface area contributed by atoms with Crippen LogP contribution < -0.4 is 11.1 Å². The zero-order chi connectivity index (χ0) is 17.6. The summed E-state index contributed by atoms with van der Waals surface area (Å²) in [5, 5.41) is 2.36. The van der Waals surface area contributed by atoms with Crippen molar-refractivity contribution in [3.8, 4) is 0 Å². The Morgan fingerprint density at radius 2 is 2.08 bits per heavy atom. The number of piperidine rings is 1. The zero-order valence-electron chi connectivity index (χ0n) is 14.1. The van der Waals surface area contributed by atoms with Gasteiger partial charge in [-0.05, 0) is 18.4 Å². The highest BCUT2D eigenvalue weighted by molar-refractivity contribution is 5.83. The molecule has 1 fully saturated rings. The summed E-state index contributed by atoms with van der Waals surface area (Å²) in [6, 6.07) is 9.56. The van der Waals surface area contributed by atoms with Gasteiger partial charge in [-0.3, -0.25) is 4.79 Å². The average molecular weight is 341 g/mol. The average Bonchev–Trinajstić information content (AvgIpc) is 3.08. The van der Waals surface area contributed by atoms with Gasteiger partial charge in [0.1, 0.15) is 5.82 Å². The van der Waals surface area contributed by atoms with Gasteiger partial charge >= 0.3 is 6.03 Å². The molecule has 2 aromatic rings. The quantitative estimate of drug-likeness (QED) is 0.858. The predicted molar refractivity (Wildman–Crippen MR) is 93.9 cm³/mol. The number of nitrogens with zero attached hydrogens (tertiary/aromatic N) is 3. The molecule has 0 spiro atoms. The minimum atomic E-state index is -0.680. The number of rotatable bonds is 5. The molecule has 0 bridgehead atoms. The SMILES string of the molecule is NC(=O)NCC(=O)N1CCCC(c2nccn2Cc2ccccc2)C1. The first-order valence-electron chi connectivity index (χ1n) is 8.49. The van der Waals surface area contributed by atoms with E-state index in [9.17, 15) is 9.59 Å². The normalized spacial score (nSPS) is 17.3. The largest absolute Gasteiger partial charge is 0.352 e. The Hall–Kier alpha value is -2.83. The fourth-order valence-corrected chi connectivity index (χ4v) is 3.28. The van der Waals surface area contributed by atoms with E-state index in [2.05, 4.69) is 27.0 Å². The van der Waals surface area contributed by atoms with Crippen molar-refractivity contribution in [2.24, 2.45) is 5.73 Å². The molecule has 3 N–H and O–H groups in total. The van der Waals surface area contributed by atoms with Crippen LogP contribution in [0.5, 0.6) is 0 Å². The first-order chi connectivity index (χ1) is 12.1. The molecule has 3 rings (SSSR count). The number of hydrogen-bond acceptors (Lipinski definition) is 3. The number of likely N-dealkylation sites (tertiary alicyclic amines) is 1. The lowest BCUT2D eigenvalue weighted by atomic mass is 9.97. The molecule has 2 heterocycles. The molecule has 1 saturated heterocycles. The number of amides is 3. The molecule has 1 aromatic carbocycles. The molecular formula is C18H23N5O2. The Morgan fingerprint density at radius 3 is 2.84 bits per heavy atom. The summed E-state index contributed by atoms with van der Waals surface area (Å²) in [6.07, 6.45) is 5.72. The van der Waals surface area contributed by atoms with Crippen molar-refractivity contribution in [2.75, 3.05) is 19.6 Å². The monoisotopic (exact) mass is 341 g/mol. The van der Waals surface area contributed by atoms with E-state index in [-0.39, 0.29) is 18.4 Å². The second-order valence-corrected chi connectivity index (χ2v) is 6.30. The summed E-state index contributed by atoms with van der Waals surface area (Å²) in [5.74, 6) is 1.10. The van der Waals surface area contributed by atoms with Crippen molar-refractivity contribution in [2.45, 2.75) is 25.3 Å². The molecule has 1 aromatic heterocycles. The van der Waals surface area contributed by atoms with Crippen LogP contribution in [-0.2, 0) is 11.3 Å². The number of primary amides is 1. The van der Waals surface area contributed by atoms with Gasteiger partial charge in [-0.2, -0.15) is 0 Å². The molecule has 3 amide bonds. The van der Waals surface area contributed by atoms with E-state index in [1.54, 1.807) is 4.90 Å². The minimum absolute atomic E-state index is 0.0551. The van der Waals surface area contributed by atoms with Crippen LogP contribution in [0.3, 0.4) is 0 Å². The highest BCUT2D eigenvalue weighted by atomic mass is 16.2. The third-order valence-corrected chi connectivity index (χ3v) is 4.50. The number of imidazole rings is 1. The van der Waals surface area contributed by atoms with Crippen LogP contribution in [0.25, 0.3) is 0 Å². The summed E-state index contributed by atoms with van der Waals surface area (Å²) >= 11 is 0. The maximum absolute atomic E-state index is 12.2. The lowest BCUT2D eigenvalue weighted by Crippen LogP contribution is -2.45. The highest BCUT2D eigenvalue weighted by Gasteiger charge is 2.27. The predicted octanol–water partition coefficient (Wildman–Crippen LogP) is 1.31. The molecule has 7 nitrogen and oxygen atoms in total. The summed E-state index contributed by atoms with van der Waals surface area (Å²) in [4.78, 5) is 29.3. The molecule has 1 unspecified atom stereocenters. The molecule has 25 heavy (non-hydrogen) atoms. The van der Waals surface area contributed by atoms with Crippen LogP contribution in [0.2, 0.25) is 0 Å². The molecular weight excluding hydrogens is 318 g/mol. The molecule has 0 radical (unpaired) electrons. The van der Waals surface area contributed by atoms with E-state index < -0.39 is 6.03 Å². The Bertz CT molecular complexity index is 728. The van der Waals surface area contributed by atoms with Crippen LogP contribution in [-0.4, -0.2) is 46.0 Å². The Labute approximate surface area is 146 Å². The van der Waals surface area contributed by atoms with Crippen LogP contribution >= 0.6 is 0 Å². The van der Waals surface area contributed by atoms with Crippen LogP contribution in [0.4, 0.5) is 4.79 Å². The maximum Gasteiger partial charge on any atom is 0.312 e. The number of carbonyl (C=O) groups is 2. The Morgan fingerprint density at radius 1 is 1.28 bits per heavy atom. The molecule has 1 aliphatic heterocycles. The van der Waals surface area contributed by atoms with Crippen molar-refractivity contribution in [1.82, 2.24) is 19.8 Å². The highest BCUT2D eigenvalue weighted by Crippen LogP contribution is 2.26. The van der Waals surface area contributed by atoms with Crippen molar-refractivity contribution in [1.29, 1.82) is 0 Å². The molecule has 0 aliphatic carbocycles. The molecule has 7 heteroatoms. The number of benzene rings is 1. The first-order valence-corrected chi connectivity index (χ1v) is 8.49. The summed E-state index contributed by atoms with van der Waals surface area (Å²) in [5.41, 5.74) is 6.25. The first kappa shape index (κ1) is 17.0. The fourth-order valence-electron chi connectivity index (χ4n) is 3.28. The van der Waals surface area contributed by atoms with Crippen LogP contribution in [0.1, 0.15) is 30.1 Å². The Balaban J connectivity index is 1.67. The third-order valence-electron chi connectivity index (χ3n) is 4.50. The molecule has 1 aliphatic rings. The van der Waals surface area contributed by atoms with E-state index in [1.165, 1.54) is 5.56 Å². The van der Waals surface area contributed by atoms with Gasteiger partial charge in [0.15, 0.2) is 0 Å². The van der Waals surface area contributed by atoms with E-state index in [1.807, 2.05) is 30.6 Å². The lowest BCUT2D eigenvalue weighted by Gasteiger charge is -2.32. The summed E-state index contributed by atoms with van der Waals surface area (Å²) in [7, 11) is 0. The van der Waals surface area contributed by atoms with Crippen LogP contribution in [0, 0.1) is 0 Å². The molecule has 0 saturated carbocycles. The molecule has 1 atom stereocenters. The Kier molecular flexibility index (Phi) is 5.33. The second kappa shape index (κ2) is 7.83. The molecule has 132 valence electrons. The number of carbonyl (C=O) groups excluding carboxylic acids is 2. The van der Waals surface area contributed by atoms with Gasteiger partial charge < -0.3 is 20.5 Å². The topological polar surface area (TPSA) is 93.2 Å². The summed E-state index contributed by atoms with van der Waals surface area (Å²) in [6.45, 7) is 2.03. The van der Waals surface area contributed by atoms with E-state index >= 15 is 0 Å². The lowest BCUT2D eigenvalue weighted by molar-refractivity contribution is -0.131. The van der Waals surface area contributed by atoms with Crippen molar-refractivity contribution in [3.63, 3.8) is 0 Å². The number of nitrogens with two attached hydrogens (primary N) is 1. The van der Waals surface area contributed by atoms with Crippen molar-refractivity contribution in [3.05, 3.63) is 54.1 Å². The van der Waals surface area contributed by atoms with Gasteiger partial charge in [0.2, 0.25) is 5.91 Å². The van der Waals surface area contributed by atoms with Gasteiger partial charge in [-0.25, -0.2) is 9.78 Å². The maximum atomic E-state index is 12.2. The second-order valence-electron chi connectivity index (χ2n) is 6.30. The number of hydrogen-bond donors (Lipinski definition) is 2. The zero-order valence-corrected chi connectivity index (χ0v) is 14.1. The number of nitrogens with one attached hydrogen (secondary N) is 1. The standard InChI is InChI=1S/C18H23N5O2/c19-18(25)21-11-16(24)22-9-4-7-15(13-22)17-20-8-10-23(17)12-14-5-2-1-3-6-14/h1-3,5-6,8,10,15H,4,7,9,11-13H2,(H3,19,21,25). The van der Waals surface area contributed by atoms with Gasteiger partial charge in [0, 0.05) is 37.9 Å². The van der Waals surface area contributed by atoms with Gasteiger partial charge in [0.25, 0.3) is 0 Å². The number of urea groups is 1. The smallest absolute Gasteiger partial charge is 0.312 e. The van der Waals surface area contributed by atoms with Crippen molar-refractivity contribution < 1.29 is 9.59 Å².